The van der Waals surface area contributed by atoms with Crippen molar-refractivity contribution in [2.45, 2.75) is 25.4 Å². The molecule has 2 N–H and O–H groups in total. The first-order chi connectivity index (χ1) is 8.42. The Bertz CT molecular complexity index is 486. The average Bonchev–Trinajstić information content (AvgIpc) is 2.85. The maximum atomic E-state index is 3.66. The van der Waals surface area contributed by atoms with Crippen LogP contribution in [0.3, 0.4) is 0 Å². The summed E-state index contributed by atoms with van der Waals surface area (Å²) < 4.78 is 0. The molecule has 2 aromatic rings. The Morgan fingerprint density at radius 2 is 2.35 bits per heavy atom. The summed E-state index contributed by atoms with van der Waals surface area (Å²) in [5.74, 6) is 2.61. The van der Waals surface area contributed by atoms with Crippen LogP contribution in [0.25, 0.3) is 10.9 Å². The number of rotatable bonds is 3. The molecule has 3 rings (SSSR count). The summed E-state index contributed by atoms with van der Waals surface area (Å²) in [7, 11) is 0. The van der Waals surface area contributed by atoms with Gasteiger partial charge in [-0.25, -0.2) is 0 Å². The summed E-state index contributed by atoms with van der Waals surface area (Å²) in [6.07, 6.45) is 4.69. The zero-order valence-corrected chi connectivity index (χ0v) is 10.7. The van der Waals surface area contributed by atoms with Crippen molar-refractivity contribution in [1.82, 2.24) is 10.3 Å². The van der Waals surface area contributed by atoms with E-state index in [0.29, 0.717) is 6.04 Å². The van der Waals surface area contributed by atoms with Crippen LogP contribution in [0.1, 0.15) is 18.4 Å². The second-order valence-corrected chi connectivity index (χ2v) is 5.84. The molecule has 1 fully saturated rings. The second kappa shape index (κ2) is 5.15. The van der Waals surface area contributed by atoms with E-state index in [-0.39, 0.29) is 0 Å². The predicted molar refractivity (Wildman–Crippen MR) is 75.5 cm³/mol. The fourth-order valence-corrected chi connectivity index (χ4v) is 3.48. The van der Waals surface area contributed by atoms with Gasteiger partial charge in [0.25, 0.3) is 0 Å². The van der Waals surface area contributed by atoms with Crippen LogP contribution in [0.5, 0.6) is 0 Å². The van der Waals surface area contributed by atoms with E-state index >= 15 is 0 Å². The van der Waals surface area contributed by atoms with E-state index in [4.69, 9.17) is 0 Å². The van der Waals surface area contributed by atoms with Crippen molar-refractivity contribution >= 4 is 22.7 Å². The quantitative estimate of drug-likeness (QED) is 0.870. The molecule has 2 heterocycles. The highest BCUT2D eigenvalue weighted by molar-refractivity contribution is 7.99. The SMILES string of the molecule is c1cc2ccc(CNC3CCCSC3)cc2[nH]1. The van der Waals surface area contributed by atoms with E-state index in [9.17, 15) is 0 Å². The smallest absolute Gasteiger partial charge is 0.0457 e. The van der Waals surface area contributed by atoms with Gasteiger partial charge in [-0.3, -0.25) is 0 Å². The molecule has 0 radical (unpaired) electrons. The van der Waals surface area contributed by atoms with Gasteiger partial charge in [-0.2, -0.15) is 11.8 Å². The van der Waals surface area contributed by atoms with E-state index < -0.39 is 0 Å². The van der Waals surface area contributed by atoms with Crippen molar-refractivity contribution in [2.75, 3.05) is 11.5 Å². The molecular formula is C14H18N2S. The van der Waals surface area contributed by atoms with Gasteiger partial charge in [0.15, 0.2) is 0 Å². The minimum absolute atomic E-state index is 0.702. The fourth-order valence-electron chi connectivity index (χ4n) is 2.37. The van der Waals surface area contributed by atoms with Crippen LogP contribution in [-0.4, -0.2) is 22.5 Å². The van der Waals surface area contributed by atoms with Gasteiger partial charge in [0, 0.05) is 30.1 Å². The highest BCUT2D eigenvalue weighted by Gasteiger charge is 2.12. The lowest BCUT2D eigenvalue weighted by Gasteiger charge is -2.22. The zero-order chi connectivity index (χ0) is 11.5. The Morgan fingerprint density at radius 1 is 1.35 bits per heavy atom. The molecule has 1 saturated heterocycles. The maximum absolute atomic E-state index is 3.66. The van der Waals surface area contributed by atoms with Crippen molar-refractivity contribution in [2.24, 2.45) is 0 Å². The lowest BCUT2D eigenvalue weighted by atomic mass is 10.1. The van der Waals surface area contributed by atoms with Crippen LogP contribution in [-0.2, 0) is 6.54 Å². The van der Waals surface area contributed by atoms with E-state index in [2.05, 4.69) is 46.3 Å². The molecule has 1 aromatic heterocycles. The highest BCUT2D eigenvalue weighted by atomic mass is 32.2. The molecule has 1 atom stereocenters. The monoisotopic (exact) mass is 246 g/mol. The van der Waals surface area contributed by atoms with E-state index in [1.165, 1.54) is 40.8 Å². The number of H-pyrrole nitrogens is 1. The Labute approximate surface area is 106 Å². The summed E-state index contributed by atoms with van der Waals surface area (Å²) in [4.78, 5) is 3.27. The van der Waals surface area contributed by atoms with Gasteiger partial charge < -0.3 is 10.3 Å². The number of aromatic nitrogens is 1. The van der Waals surface area contributed by atoms with Crippen molar-refractivity contribution in [3.63, 3.8) is 0 Å². The molecule has 3 heteroatoms. The fraction of sp³-hybridized carbons (Fsp3) is 0.429. The number of hydrogen-bond donors (Lipinski definition) is 2. The third-order valence-electron chi connectivity index (χ3n) is 3.37. The third kappa shape index (κ3) is 2.67. The van der Waals surface area contributed by atoms with Gasteiger partial charge in [0.2, 0.25) is 0 Å². The molecule has 0 aliphatic carbocycles. The molecule has 0 bridgehead atoms. The molecular weight excluding hydrogens is 228 g/mol. The van der Waals surface area contributed by atoms with Crippen LogP contribution in [0.15, 0.2) is 30.5 Å². The van der Waals surface area contributed by atoms with E-state index in [1.807, 2.05) is 6.20 Å². The van der Waals surface area contributed by atoms with Gasteiger partial charge in [-0.15, -0.1) is 0 Å². The Balaban J connectivity index is 1.63. The molecule has 1 aromatic carbocycles. The molecule has 1 unspecified atom stereocenters. The van der Waals surface area contributed by atoms with Crippen molar-refractivity contribution in [3.8, 4) is 0 Å². The van der Waals surface area contributed by atoms with Crippen LogP contribution in [0.4, 0.5) is 0 Å². The molecule has 17 heavy (non-hydrogen) atoms. The minimum Gasteiger partial charge on any atom is -0.361 e. The third-order valence-corrected chi connectivity index (χ3v) is 4.59. The molecule has 0 spiro atoms. The van der Waals surface area contributed by atoms with Crippen molar-refractivity contribution in [3.05, 3.63) is 36.0 Å². The predicted octanol–water partition coefficient (Wildman–Crippen LogP) is 3.15. The standard InChI is InChI=1S/C14H18N2S/c1-2-13(10-17-7-1)16-9-11-3-4-12-5-6-15-14(12)8-11/h3-6,8,13,15-16H,1-2,7,9-10H2. The zero-order valence-electron chi connectivity index (χ0n) is 9.91. The lowest BCUT2D eigenvalue weighted by molar-refractivity contribution is 0.508. The Hall–Kier alpha value is -0.930. The van der Waals surface area contributed by atoms with Gasteiger partial charge in [0.05, 0.1) is 0 Å². The Morgan fingerprint density at radius 3 is 3.24 bits per heavy atom. The number of hydrogen-bond acceptors (Lipinski definition) is 2. The number of aromatic amines is 1. The average molecular weight is 246 g/mol. The largest absolute Gasteiger partial charge is 0.361 e. The van der Waals surface area contributed by atoms with Gasteiger partial charge in [0.1, 0.15) is 0 Å². The van der Waals surface area contributed by atoms with E-state index in [1.54, 1.807) is 0 Å². The number of thioether (sulfide) groups is 1. The molecule has 1 aliphatic rings. The van der Waals surface area contributed by atoms with Gasteiger partial charge in [-0.05, 0) is 41.7 Å². The summed E-state index contributed by atoms with van der Waals surface area (Å²) >= 11 is 2.07. The first kappa shape index (κ1) is 11.2. The summed E-state index contributed by atoms with van der Waals surface area (Å²) in [5, 5.41) is 4.95. The van der Waals surface area contributed by atoms with Crippen LogP contribution in [0.2, 0.25) is 0 Å². The molecule has 1 aliphatic heterocycles. The van der Waals surface area contributed by atoms with Crippen molar-refractivity contribution < 1.29 is 0 Å². The number of fused-ring (bicyclic) bond motifs is 1. The first-order valence-electron chi connectivity index (χ1n) is 6.29. The molecule has 90 valence electrons. The van der Waals surface area contributed by atoms with Crippen LogP contribution < -0.4 is 5.32 Å². The Kier molecular flexibility index (Phi) is 3.39. The number of nitrogens with one attached hydrogen (secondary N) is 2. The minimum atomic E-state index is 0.702. The summed E-state index contributed by atoms with van der Waals surface area (Å²) in [6.45, 7) is 0.986. The maximum Gasteiger partial charge on any atom is 0.0457 e. The first-order valence-corrected chi connectivity index (χ1v) is 7.44. The molecule has 0 saturated carbocycles. The summed E-state index contributed by atoms with van der Waals surface area (Å²) in [6, 6.07) is 9.48. The van der Waals surface area contributed by atoms with Crippen molar-refractivity contribution in [1.29, 1.82) is 0 Å². The van der Waals surface area contributed by atoms with Crippen LogP contribution in [0, 0.1) is 0 Å². The van der Waals surface area contributed by atoms with E-state index in [0.717, 1.165) is 6.54 Å². The molecule has 2 nitrogen and oxygen atoms in total. The topological polar surface area (TPSA) is 27.8 Å². The normalized spacial score (nSPS) is 20.8. The second-order valence-electron chi connectivity index (χ2n) is 4.69. The summed E-state index contributed by atoms with van der Waals surface area (Å²) in [5.41, 5.74) is 2.61. The lowest BCUT2D eigenvalue weighted by Crippen LogP contribution is -2.33. The number of benzene rings is 1. The van der Waals surface area contributed by atoms with Gasteiger partial charge in [-0.1, -0.05) is 12.1 Å². The van der Waals surface area contributed by atoms with Gasteiger partial charge >= 0.3 is 0 Å². The molecule has 0 amide bonds. The van der Waals surface area contributed by atoms with Crippen LogP contribution >= 0.6 is 11.8 Å². The highest BCUT2D eigenvalue weighted by Crippen LogP contribution is 2.18.